The Labute approximate surface area is 110 Å². The highest BCUT2D eigenvalue weighted by Crippen LogP contribution is 2.37. The van der Waals surface area contributed by atoms with Gasteiger partial charge in [-0.25, -0.2) is 0 Å². The number of carbonyl (C=O) groups excluding carboxylic acids is 2. The zero-order chi connectivity index (χ0) is 13.6. The van der Waals surface area contributed by atoms with Gasteiger partial charge in [-0.15, -0.1) is 0 Å². The lowest BCUT2D eigenvalue weighted by atomic mass is 10.0. The molecule has 3 rings (SSSR count). The van der Waals surface area contributed by atoms with Crippen LogP contribution < -0.4 is 11.1 Å². The molecule has 2 unspecified atom stereocenters. The summed E-state index contributed by atoms with van der Waals surface area (Å²) in [6, 6.07) is 4.88. The maximum absolute atomic E-state index is 11.9. The van der Waals surface area contributed by atoms with Crippen LogP contribution in [-0.4, -0.2) is 27.9 Å². The Morgan fingerprint density at radius 2 is 2.16 bits per heavy atom. The van der Waals surface area contributed by atoms with E-state index in [1.165, 1.54) is 0 Å². The fourth-order valence-electron chi connectivity index (χ4n) is 2.77. The Morgan fingerprint density at radius 3 is 2.84 bits per heavy atom. The van der Waals surface area contributed by atoms with Crippen LogP contribution in [0.15, 0.2) is 18.2 Å². The predicted molar refractivity (Wildman–Crippen MR) is 67.5 cm³/mol. The first-order valence-electron chi connectivity index (χ1n) is 6.22. The van der Waals surface area contributed by atoms with Crippen LogP contribution in [0.5, 0.6) is 0 Å². The summed E-state index contributed by atoms with van der Waals surface area (Å²) in [5.41, 5.74) is 8.11. The number of imide groups is 1. The number of nitrogens with zero attached hydrogens (tertiary/aromatic N) is 1. The van der Waals surface area contributed by atoms with Gasteiger partial charge in [0.05, 0.1) is 6.04 Å². The van der Waals surface area contributed by atoms with Crippen molar-refractivity contribution in [1.82, 2.24) is 10.2 Å². The van der Waals surface area contributed by atoms with E-state index in [4.69, 9.17) is 5.73 Å². The molecule has 0 radical (unpaired) electrons. The van der Waals surface area contributed by atoms with Gasteiger partial charge in [0.2, 0.25) is 11.8 Å². The van der Waals surface area contributed by atoms with Crippen LogP contribution in [0, 0.1) is 0 Å². The number of rotatable bonds is 1. The van der Waals surface area contributed by atoms with Crippen molar-refractivity contribution in [1.29, 1.82) is 0 Å². The van der Waals surface area contributed by atoms with Crippen molar-refractivity contribution in [2.24, 2.45) is 0 Å². The standard InChI is InChI=1S/C13H15N3O3/c14-9-3-1-2-7-8(9)6-16(13(7)19)10-4-5-11(17)15-12(10)18/h1-3,10,13,19H,4-6,14H2,(H,15,17,18). The Balaban J connectivity index is 1.87. The van der Waals surface area contributed by atoms with Crippen molar-refractivity contribution in [2.75, 3.05) is 5.73 Å². The third-order valence-electron chi connectivity index (χ3n) is 3.79. The molecule has 2 aliphatic heterocycles. The number of hydrogen-bond donors (Lipinski definition) is 3. The van der Waals surface area contributed by atoms with E-state index in [0.29, 0.717) is 25.1 Å². The molecule has 19 heavy (non-hydrogen) atoms. The van der Waals surface area contributed by atoms with E-state index < -0.39 is 12.3 Å². The minimum atomic E-state index is -0.845. The number of anilines is 1. The molecule has 6 heteroatoms. The molecule has 2 atom stereocenters. The summed E-state index contributed by atoms with van der Waals surface area (Å²) in [7, 11) is 0. The second kappa shape index (κ2) is 4.32. The zero-order valence-corrected chi connectivity index (χ0v) is 10.3. The van der Waals surface area contributed by atoms with Crippen molar-refractivity contribution >= 4 is 17.5 Å². The quantitative estimate of drug-likeness (QED) is 0.484. The first-order chi connectivity index (χ1) is 9.08. The van der Waals surface area contributed by atoms with Crippen LogP contribution in [0.4, 0.5) is 5.69 Å². The second-order valence-corrected chi connectivity index (χ2v) is 4.93. The number of carbonyl (C=O) groups is 2. The molecule has 6 nitrogen and oxygen atoms in total. The number of piperidine rings is 1. The lowest BCUT2D eigenvalue weighted by Crippen LogP contribution is -2.51. The van der Waals surface area contributed by atoms with E-state index in [2.05, 4.69) is 5.32 Å². The average Bonchev–Trinajstić information content (AvgIpc) is 2.69. The summed E-state index contributed by atoms with van der Waals surface area (Å²) in [4.78, 5) is 24.7. The van der Waals surface area contributed by atoms with E-state index in [1.807, 2.05) is 6.07 Å². The highest BCUT2D eigenvalue weighted by Gasteiger charge is 2.40. The highest BCUT2D eigenvalue weighted by atomic mass is 16.3. The normalized spacial score (nSPS) is 27.2. The first-order valence-corrected chi connectivity index (χ1v) is 6.22. The number of amides is 2. The largest absolute Gasteiger partial charge is 0.398 e. The number of fused-ring (bicyclic) bond motifs is 1. The molecule has 1 fully saturated rings. The van der Waals surface area contributed by atoms with Gasteiger partial charge in [0.15, 0.2) is 0 Å². The average molecular weight is 261 g/mol. The molecular weight excluding hydrogens is 246 g/mol. The molecule has 1 aromatic rings. The van der Waals surface area contributed by atoms with Crippen molar-refractivity contribution < 1.29 is 14.7 Å². The van der Waals surface area contributed by atoms with Gasteiger partial charge >= 0.3 is 0 Å². The molecule has 0 spiro atoms. The summed E-state index contributed by atoms with van der Waals surface area (Å²) < 4.78 is 0. The maximum Gasteiger partial charge on any atom is 0.244 e. The van der Waals surface area contributed by atoms with Crippen molar-refractivity contribution in [3.63, 3.8) is 0 Å². The van der Waals surface area contributed by atoms with Crippen LogP contribution in [0.1, 0.15) is 30.2 Å². The molecule has 4 N–H and O–H groups in total. The van der Waals surface area contributed by atoms with Gasteiger partial charge in [-0.3, -0.25) is 19.8 Å². The Kier molecular flexibility index (Phi) is 2.76. The first kappa shape index (κ1) is 12.1. The number of nitrogen functional groups attached to an aromatic ring is 1. The summed E-state index contributed by atoms with van der Waals surface area (Å²) in [5, 5.41) is 12.6. The molecule has 0 bridgehead atoms. The smallest absolute Gasteiger partial charge is 0.244 e. The molecule has 2 heterocycles. The van der Waals surface area contributed by atoms with Crippen LogP contribution in [0.3, 0.4) is 0 Å². The van der Waals surface area contributed by atoms with Crippen LogP contribution in [-0.2, 0) is 16.1 Å². The number of nitrogens with one attached hydrogen (secondary N) is 1. The molecule has 2 aliphatic rings. The van der Waals surface area contributed by atoms with Gasteiger partial charge in [-0.05, 0) is 18.1 Å². The summed E-state index contributed by atoms with van der Waals surface area (Å²) in [6.07, 6.45) is -0.122. The van der Waals surface area contributed by atoms with Gasteiger partial charge in [0, 0.05) is 24.2 Å². The third kappa shape index (κ3) is 1.89. The summed E-state index contributed by atoms with van der Waals surface area (Å²) in [5.74, 6) is -0.603. The van der Waals surface area contributed by atoms with E-state index >= 15 is 0 Å². The molecule has 0 aromatic heterocycles. The number of nitrogens with two attached hydrogens (primary N) is 1. The molecule has 1 aromatic carbocycles. The number of hydrogen-bond acceptors (Lipinski definition) is 5. The zero-order valence-electron chi connectivity index (χ0n) is 10.3. The van der Waals surface area contributed by atoms with Crippen LogP contribution >= 0.6 is 0 Å². The monoisotopic (exact) mass is 261 g/mol. The van der Waals surface area contributed by atoms with Gasteiger partial charge in [0.25, 0.3) is 0 Å². The molecule has 0 saturated carbocycles. The fraction of sp³-hybridized carbons (Fsp3) is 0.385. The van der Waals surface area contributed by atoms with E-state index in [9.17, 15) is 14.7 Å². The second-order valence-electron chi connectivity index (χ2n) is 4.93. The summed E-state index contributed by atoms with van der Waals surface area (Å²) in [6.45, 7) is 0.426. The van der Waals surface area contributed by atoms with E-state index in [0.717, 1.165) is 11.1 Å². The lowest BCUT2D eigenvalue weighted by molar-refractivity contribution is -0.141. The minimum absolute atomic E-state index is 0.257. The minimum Gasteiger partial charge on any atom is -0.398 e. The summed E-state index contributed by atoms with van der Waals surface area (Å²) >= 11 is 0. The third-order valence-corrected chi connectivity index (χ3v) is 3.79. The van der Waals surface area contributed by atoms with Gasteiger partial charge in [-0.2, -0.15) is 0 Å². The Bertz CT molecular complexity index is 558. The Morgan fingerprint density at radius 1 is 1.37 bits per heavy atom. The van der Waals surface area contributed by atoms with Crippen molar-refractivity contribution in [3.05, 3.63) is 29.3 Å². The fourth-order valence-corrected chi connectivity index (χ4v) is 2.77. The predicted octanol–water partition coefficient (Wildman–Crippen LogP) is -0.120. The molecule has 0 aliphatic carbocycles. The molecule has 1 saturated heterocycles. The molecular formula is C13H15N3O3. The topological polar surface area (TPSA) is 95.7 Å². The van der Waals surface area contributed by atoms with Crippen molar-refractivity contribution in [3.8, 4) is 0 Å². The highest BCUT2D eigenvalue weighted by molar-refractivity contribution is 6.00. The van der Waals surface area contributed by atoms with Gasteiger partial charge < -0.3 is 10.8 Å². The van der Waals surface area contributed by atoms with Crippen LogP contribution in [0.25, 0.3) is 0 Å². The maximum atomic E-state index is 11.9. The van der Waals surface area contributed by atoms with Gasteiger partial charge in [-0.1, -0.05) is 12.1 Å². The van der Waals surface area contributed by atoms with Crippen molar-refractivity contribution in [2.45, 2.75) is 31.7 Å². The van der Waals surface area contributed by atoms with E-state index in [-0.39, 0.29) is 11.8 Å². The number of benzene rings is 1. The Hall–Kier alpha value is -1.92. The molecule has 2 amide bonds. The SMILES string of the molecule is Nc1cccc2c1CN(C1CCC(=O)NC1=O)C2O. The molecule has 100 valence electrons. The van der Waals surface area contributed by atoms with Crippen LogP contribution in [0.2, 0.25) is 0 Å². The van der Waals surface area contributed by atoms with Gasteiger partial charge in [0.1, 0.15) is 6.23 Å². The van der Waals surface area contributed by atoms with E-state index in [1.54, 1.807) is 17.0 Å². The number of aliphatic hydroxyl groups excluding tert-OH is 1. The lowest BCUT2D eigenvalue weighted by Gasteiger charge is -2.31. The number of aliphatic hydroxyl groups is 1.